The number of nitrogens with zero attached hydrogens (tertiary/aromatic N) is 3. The third-order valence-corrected chi connectivity index (χ3v) is 4.90. The third-order valence-electron chi connectivity index (χ3n) is 4.90. The Morgan fingerprint density at radius 2 is 1.69 bits per heavy atom. The van der Waals surface area contributed by atoms with Crippen LogP contribution in [-0.4, -0.2) is 47.6 Å². The van der Waals surface area contributed by atoms with Crippen LogP contribution >= 0.6 is 0 Å². The van der Waals surface area contributed by atoms with Gasteiger partial charge in [0.15, 0.2) is 0 Å². The van der Waals surface area contributed by atoms with E-state index < -0.39 is 11.7 Å². The molecule has 0 saturated carbocycles. The largest absolute Gasteiger partial charge is 0.443 e. The fourth-order valence-electron chi connectivity index (χ4n) is 3.45. The second-order valence-corrected chi connectivity index (χ2v) is 8.34. The Hall–Kier alpha value is -2.89. The predicted octanol–water partition coefficient (Wildman–Crippen LogP) is 4.75. The number of aromatic nitrogens is 1. The van der Waals surface area contributed by atoms with Crippen molar-refractivity contribution in [3.05, 3.63) is 48.3 Å². The van der Waals surface area contributed by atoms with E-state index in [1.807, 2.05) is 56.0 Å². The molecule has 154 valence electrons. The second-order valence-electron chi connectivity index (χ2n) is 8.34. The molecule has 6 nitrogen and oxygen atoms in total. The number of anilines is 1. The molecule has 29 heavy (non-hydrogen) atoms. The highest BCUT2D eigenvalue weighted by atomic mass is 16.6. The maximum atomic E-state index is 13.5. The van der Waals surface area contributed by atoms with Crippen LogP contribution in [0.5, 0.6) is 0 Å². The number of carbonyl (C=O) groups is 2. The quantitative estimate of drug-likeness (QED) is 0.753. The van der Waals surface area contributed by atoms with Crippen LogP contribution in [0.3, 0.4) is 0 Å². The first-order valence-electron chi connectivity index (χ1n) is 10.1. The molecule has 0 N–H and O–H groups in total. The molecule has 2 amide bonds. The van der Waals surface area contributed by atoms with Crippen molar-refractivity contribution in [2.24, 2.45) is 0 Å². The predicted molar refractivity (Wildman–Crippen MR) is 114 cm³/mol. The molecule has 0 radical (unpaired) electrons. The Kier molecular flexibility index (Phi) is 6.20. The van der Waals surface area contributed by atoms with Gasteiger partial charge in [0.25, 0.3) is 5.91 Å². The van der Waals surface area contributed by atoms with Crippen molar-refractivity contribution in [2.75, 3.05) is 25.0 Å². The van der Waals surface area contributed by atoms with Gasteiger partial charge in [-0.3, -0.25) is 14.7 Å². The molecule has 1 aliphatic heterocycles. The number of hydrogen-bond donors (Lipinski definition) is 0. The highest BCUT2D eigenvalue weighted by molar-refractivity contribution is 6.08. The average Bonchev–Trinajstić information content (AvgIpc) is 2.72. The van der Waals surface area contributed by atoms with Crippen molar-refractivity contribution in [1.82, 2.24) is 9.88 Å². The molecular formula is C23H29N3O3. The topological polar surface area (TPSA) is 62.7 Å². The number of rotatable bonds is 3. The van der Waals surface area contributed by atoms with Gasteiger partial charge in [0.2, 0.25) is 0 Å². The first kappa shape index (κ1) is 20.8. The molecule has 1 aromatic carbocycles. The van der Waals surface area contributed by atoms with E-state index in [2.05, 4.69) is 4.98 Å². The summed E-state index contributed by atoms with van der Waals surface area (Å²) in [6, 6.07) is 9.67. The number of ether oxygens (including phenoxy) is 1. The van der Waals surface area contributed by atoms with Gasteiger partial charge in [-0.25, -0.2) is 4.79 Å². The number of carbonyl (C=O) groups excluding carboxylic acids is 2. The maximum absolute atomic E-state index is 13.5. The maximum Gasteiger partial charge on any atom is 0.414 e. The van der Waals surface area contributed by atoms with Gasteiger partial charge in [-0.15, -0.1) is 0 Å². The van der Waals surface area contributed by atoms with Crippen molar-refractivity contribution in [1.29, 1.82) is 0 Å². The van der Waals surface area contributed by atoms with E-state index in [0.29, 0.717) is 16.8 Å². The van der Waals surface area contributed by atoms with Crippen molar-refractivity contribution < 1.29 is 14.3 Å². The van der Waals surface area contributed by atoms with Crippen molar-refractivity contribution in [3.63, 3.8) is 0 Å². The van der Waals surface area contributed by atoms with Gasteiger partial charge in [-0.2, -0.15) is 0 Å². The van der Waals surface area contributed by atoms with Gasteiger partial charge in [-0.05, 0) is 45.6 Å². The summed E-state index contributed by atoms with van der Waals surface area (Å²) in [7, 11) is 1.62. The Bertz CT molecular complexity index is 869. The number of pyridine rings is 1. The van der Waals surface area contributed by atoms with Crippen LogP contribution in [0.2, 0.25) is 0 Å². The monoisotopic (exact) mass is 395 g/mol. The smallest absolute Gasteiger partial charge is 0.414 e. The summed E-state index contributed by atoms with van der Waals surface area (Å²) in [5, 5.41) is 0. The molecule has 0 unspecified atom stereocenters. The number of benzene rings is 1. The van der Waals surface area contributed by atoms with Gasteiger partial charge in [0.05, 0.1) is 17.4 Å². The van der Waals surface area contributed by atoms with E-state index in [1.165, 1.54) is 4.90 Å². The lowest BCUT2D eigenvalue weighted by molar-refractivity contribution is 0.0589. The van der Waals surface area contributed by atoms with Crippen molar-refractivity contribution >= 4 is 17.7 Å². The summed E-state index contributed by atoms with van der Waals surface area (Å²) < 4.78 is 5.51. The summed E-state index contributed by atoms with van der Waals surface area (Å²) in [5.41, 5.74) is 1.92. The van der Waals surface area contributed by atoms with E-state index in [1.54, 1.807) is 19.4 Å². The summed E-state index contributed by atoms with van der Waals surface area (Å²) in [6.45, 7) is 6.90. The highest BCUT2D eigenvalue weighted by Gasteiger charge is 2.29. The van der Waals surface area contributed by atoms with Gasteiger partial charge >= 0.3 is 6.09 Å². The third kappa shape index (κ3) is 4.94. The van der Waals surface area contributed by atoms with Crippen molar-refractivity contribution in [2.45, 2.75) is 45.6 Å². The minimum atomic E-state index is -0.632. The van der Waals surface area contributed by atoms with Crippen LogP contribution in [0.25, 0.3) is 11.1 Å². The zero-order chi connectivity index (χ0) is 21.0. The lowest BCUT2D eigenvalue weighted by Crippen LogP contribution is -2.39. The molecule has 1 fully saturated rings. The van der Waals surface area contributed by atoms with E-state index in [4.69, 9.17) is 4.74 Å². The standard InChI is InChI=1S/C23H29N3O3/c1-23(2,3)29-22(28)25(4)19-16-24-15-18(17-11-7-5-8-12-17)20(19)21(27)26-13-9-6-10-14-26/h5,7-8,11-12,15-16H,6,9-10,13-14H2,1-4H3. The fraction of sp³-hybridized carbons (Fsp3) is 0.435. The van der Waals surface area contributed by atoms with Crippen LogP contribution < -0.4 is 4.90 Å². The Labute approximate surface area is 172 Å². The first-order valence-corrected chi connectivity index (χ1v) is 10.1. The van der Waals surface area contributed by atoms with Gasteiger partial charge in [0.1, 0.15) is 5.60 Å². The zero-order valence-corrected chi connectivity index (χ0v) is 17.6. The van der Waals surface area contributed by atoms with Gasteiger partial charge in [0, 0.05) is 31.9 Å². The second kappa shape index (κ2) is 8.64. The molecule has 3 rings (SSSR count). The molecule has 1 aliphatic rings. The van der Waals surface area contributed by atoms with Crippen LogP contribution in [0.1, 0.15) is 50.4 Å². The summed E-state index contributed by atoms with van der Waals surface area (Å²) in [4.78, 5) is 33.8. The summed E-state index contributed by atoms with van der Waals surface area (Å²) in [6.07, 6.45) is 5.86. The Morgan fingerprint density at radius 3 is 2.31 bits per heavy atom. The fourth-order valence-corrected chi connectivity index (χ4v) is 3.45. The molecule has 2 heterocycles. The Balaban J connectivity index is 2.08. The van der Waals surface area contributed by atoms with E-state index >= 15 is 0 Å². The summed E-state index contributed by atoms with van der Waals surface area (Å²) >= 11 is 0. The minimum absolute atomic E-state index is 0.0728. The van der Waals surface area contributed by atoms with E-state index in [9.17, 15) is 9.59 Å². The minimum Gasteiger partial charge on any atom is -0.443 e. The van der Waals surface area contributed by atoms with Crippen molar-refractivity contribution in [3.8, 4) is 11.1 Å². The van der Waals surface area contributed by atoms with Gasteiger partial charge < -0.3 is 9.64 Å². The van der Waals surface area contributed by atoms with Gasteiger partial charge in [-0.1, -0.05) is 30.3 Å². The molecule has 0 aliphatic carbocycles. The van der Waals surface area contributed by atoms with Crippen LogP contribution in [0.4, 0.5) is 10.5 Å². The van der Waals surface area contributed by atoms with Crippen LogP contribution in [0.15, 0.2) is 42.7 Å². The van der Waals surface area contributed by atoms with E-state index in [-0.39, 0.29) is 5.91 Å². The van der Waals surface area contributed by atoms with Crippen LogP contribution in [0, 0.1) is 0 Å². The SMILES string of the molecule is CN(C(=O)OC(C)(C)C)c1cncc(-c2ccccc2)c1C(=O)N1CCCCC1. The lowest BCUT2D eigenvalue weighted by atomic mass is 9.98. The Morgan fingerprint density at radius 1 is 1.03 bits per heavy atom. The molecule has 6 heteroatoms. The average molecular weight is 396 g/mol. The zero-order valence-electron chi connectivity index (χ0n) is 17.6. The molecule has 0 bridgehead atoms. The molecule has 0 atom stereocenters. The normalized spacial score (nSPS) is 14.4. The molecule has 2 aromatic rings. The number of piperidine rings is 1. The van der Waals surface area contributed by atoms with E-state index in [0.717, 1.165) is 37.9 Å². The molecule has 0 spiro atoms. The molecule has 1 aromatic heterocycles. The number of likely N-dealkylation sites (tertiary alicyclic amines) is 1. The number of hydrogen-bond acceptors (Lipinski definition) is 4. The highest BCUT2D eigenvalue weighted by Crippen LogP contribution is 2.32. The lowest BCUT2D eigenvalue weighted by Gasteiger charge is -2.30. The summed E-state index contributed by atoms with van der Waals surface area (Å²) in [5.74, 6) is -0.0728. The molecule has 1 saturated heterocycles. The first-order chi connectivity index (χ1) is 13.8. The number of amides is 2. The molecular weight excluding hydrogens is 366 g/mol. The van der Waals surface area contributed by atoms with Crippen LogP contribution in [-0.2, 0) is 4.74 Å².